The Kier molecular flexibility index (Phi) is 9.40. The highest BCUT2D eigenvalue weighted by Crippen LogP contribution is 2.49. The number of carbonyl (C=O) groups is 1. The Hall–Kier alpha value is -4.20. The van der Waals surface area contributed by atoms with Crippen LogP contribution in [0.4, 0.5) is 10.1 Å². The van der Waals surface area contributed by atoms with Crippen molar-refractivity contribution >= 4 is 11.6 Å². The van der Waals surface area contributed by atoms with E-state index in [1.807, 2.05) is 30.3 Å². The molecule has 2 saturated heterocycles. The molecule has 4 aromatic rings. The second kappa shape index (κ2) is 13.5. The van der Waals surface area contributed by atoms with Gasteiger partial charge in [0, 0.05) is 11.3 Å². The highest BCUT2D eigenvalue weighted by atomic mass is 19.1. The molecule has 0 radical (unpaired) electrons. The lowest BCUT2D eigenvalue weighted by Gasteiger charge is -2.48. The van der Waals surface area contributed by atoms with Crippen molar-refractivity contribution in [3.8, 4) is 16.9 Å². The van der Waals surface area contributed by atoms with Crippen LogP contribution < -0.4 is 4.90 Å². The van der Waals surface area contributed by atoms with E-state index in [1.54, 1.807) is 47.4 Å². The lowest BCUT2D eigenvalue weighted by Crippen LogP contribution is -2.58. The van der Waals surface area contributed by atoms with Crippen LogP contribution in [-0.4, -0.2) is 72.4 Å². The fourth-order valence-corrected chi connectivity index (χ4v) is 6.46. The maximum Gasteiger partial charge on any atom is 0.233 e. The summed E-state index contributed by atoms with van der Waals surface area (Å²) in [5, 5.41) is 73.2. The minimum absolute atomic E-state index is 0.0674. The van der Waals surface area contributed by atoms with E-state index in [0.29, 0.717) is 39.9 Å². The minimum Gasteiger partial charge on any atom is -0.508 e. The van der Waals surface area contributed by atoms with E-state index in [-0.39, 0.29) is 18.1 Å². The number of β-lactam (4-membered cyclic amide) rings is 1. The van der Waals surface area contributed by atoms with Crippen molar-refractivity contribution in [1.29, 1.82) is 0 Å². The van der Waals surface area contributed by atoms with E-state index in [0.717, 1.165) is 0 Å². The summed E-state index contributed by atoms with van der Waals surface area (Å²) in [7, 11) is 0. The molecule has 10 nitrogen and oxygen atoms in total. The molecule has 3 unspecified atom stereocenters. The summed E-state index contributed by atoms with van der Waals surface area (Å²) in [6.45, 7) is 0. The van der Waals surface area contributed by atoms with E-state index >= 15 is 0 Å². The summed E-state index contributed by atoms with van der Waals surface area (Å²) in [4.78, 5) is 15.1. The second-order valence-corrected chi connectivity index (χ2v) is 12.0. The average Bonchev–Trinajstić information content (AvgIpc) is 3.08. The van der Waals surface area contributed by atoms with Crippen molar-refractivity contribution in [2.75, 3.05) is 4.90 Å². The molecule has 2 aliphatic heterocycles. The lowest BCUT2D eigenvalue weighted by atomic mass is 9.77. The first-order valence-corrected chi connectivity index (χ1v) is 15.4. The van der Waals surface area contributed by atoms with E-state index in [9.17, 15) is 44.9 Å². The third-order valence-corrected chi connectivity index (χ3v) is 9.10. The number of anilines is 1. The summed E-state index contributed by atoms with van der Waals surface area (Å²) < 4.78 is 18.6. The van der Waals surface area contributed by atoms with Gasteiger partial charge in [-0.15, -0.1) is 0 Å². The molecule has 11 heteroatoms. The molecule has 2 heterocycles. The van der Waals surface area contributed by atoms with Crippen LogP contribution in [0.1, 0.15) is 47.8 Å². The molecule has 6 rings (SSSR count). The molecule has 47 heavy (non-hydrogen) atoms. The average molecular weight is 646 g/mol. The SMILES string of the molecule is O=C1[C@H](CC[C@H](O)c2ccc(F)cc2)[C@@H](c2ccc(-c3cccc(C(O)C4OC(O)[C@H](O)[C@@H](O)[C@@H]4O)c3)cc2O)N1c1ccccc1. The van der Waals surface area contributed by atoms with Gasteiger partial charge in [-0.05, 0) is 71.5 Å². The van der Waals surface area contributed by atoms with Crippen LogP contribution in [0.2, 0.25) is 0 Å². The van der Waals surface area contributed by atoms with E-state index in [4.69, 9.17) is 4.74 Å². The van der Waals surface area contributed by atoms with Gasteiger partial charge in [0.15, 0.2) is 6.29 Å². The quantitative estimate of drug-likeness (QED) is 0.135. The van der Waals surface area contributed by atoms with Gasteiger partial charge in [0.2, 0.25) is 5.91 Å². The number of carbonyl (C=O) groups excluding carboxylic acids is 1. The first-order valence-electron chi connectivity index (χ1n) is 15.4. The lowest BCUT2D eigenvalue weighted by molar-refractivity contribution is -0.297. The Bertz CT molecular complexity index is 1700. The van der Waals surface area contributed by atoms with Crippen LogP contribution in [0.5, 0.6) is 5.75 Å². The molecule has 246 valence electrons. The highest BCUT2D eigenvalue weighted by Gasteiger charge is 2.49. The number of nitrogens with zero attached hydrogens (tertiary/aromatic N) is 1. The topological polar surface area (TPSA) is 171 Å². The summed E-state index contributed by atoms with van der Waals surface area (Å²) in [6, 6.07) is 25.8. The number of para-hydroxylation sites is 1. The number of halogens is 1. The first-order chi connectivity index (χ1) is 22.5. The van der Waals surface area contributed by atoms with Gasteiger partial charge in [0.05, 0.1) is 18.1 Å². The Morgan fingerprint density at radius 1 is 0.766 bits per heavy atom. The van der Waals surface area contributed by atoms with Gasteiger partial charge in [-0.25, -0.2) is 4.39 Å². The molecule has 0 aromatic heterocycles. The number of hydrogen-bond donors (Lipinski definition) is 7. The number of hydrogen-bond acceptors (Lipinski definition) is 9. The molecule has 0 saturated carbocycles. The maximum atomic E-state index is 13.5. The van der Waals surface area contributed by atoms with Gasteiger partial charge >= 0.3 is 0 Å². The number of aliphatic hydroxyl groups is 6. The number of benzene rings is 4. The molecule has 7 N–H and O–H groups in total. The van der Waals surface area contributed by atoms with Crippen LogP contribution >= 0.6 is 0 Å². The predicted octanol–water partition coefficient (Wildman–Crippen LogP) is 3.25. The second-order valence-electron chi connectivity index (χ2n) is 12.0. The van der Waals surface area contributed by atoms with E-state index < -0.39 is 60.7 Å². The van der Waals surface area contributed by atoms with Crippen LogP contribution in [0.3, 0.4) is 0 Å². The monoisotopic (exact) mass is 645 g/mol. The normalized spacial score (nSPS) is 27.3. The summed E-state index contributed by atoms with van der Waals surface area (Å²) in [5.41, 5.74) is 3.20. The molecular weight excluding hydrogens is 609 g/mol. The van der Waals surface area contributed by atoms with Crippen LogP contribution in [0.15, 0.2) is 97.1 Å². The van der Waals surface area contributed by atoms with Gasteiger partial charge < -0.3 is 45.4 Å². The molecular formula is C36H36FNO9. The summed E-state index contributed by atoms with van der Waals surface area (Å²) in [5.74, 6) is -1.16. The molecule has 4 aromatic carbocycles. The number of amides is 1. The van der Waals surface area contributed by atoms with Crippen LogP contribution in [-0.2, 0) is 9.53 Å². The highest BCUT2D eigenvalue weighted by molar-refractivity contribution is 6.03. The first kappa shape index (κ1) is 32.7. The summed E-state index contributed by atoms with van der Waals surface area (Å²) in [6.07, 6.45) is -10.1. The molecule has 0 spiro atoms. The fraction of sp³-hybridized carbons (Fsp3) is 0.306. The zero-order valence-electron chi connectivity index (χ0n) is 25.1. The van der Waals surface area contributed by atoms with Crippen molar-refractivity contribution in [3.05, 3.63) is 120 Å². The zero-order chi connectivity index (χ0) is 33.4. The molecule has 0 aliphatic carbocycles. The standard InChI is InChI=1S/C36H36FNO9/c37-23-12-9-19(10-13-23)27(39)16-15-26-29(38(35(26)45)24-7-2-1-3-8-24)25-14-11-21(18-28(25)40)20-5-4-6-22(17-20)30(41)34-32(43)31(42)33(44)36(46)47-34/h1-14,17-18,26-27,29-34,36,39-44,46H,15-16H2/t26-,27+,29-,30?,31+,32+,33-,34?,36?/m1/s1. The van der Waals surface area contributed by atoms with Gasteiger partial charge in [-0.3, -0.25) is 4.79 Å². The van der Waals surface area contributed by atoms with E-state index in [1.165, 1.54) is 24.3 Å². The number of ether oxygens (including phenoxy) is 1. The van der Waals surface area contributed by atoms with Gasteiger partial charge in [-0.1, -0.05) is 60.7 Å². The zero-order valence-corrected chi connectivity index (χ0v) is 25.1. The largest absolute Gasteiger partial charge is 0.508 e. The third-order valence-electron chi connectivity index (χ3n) is 9.10. The van der Waals surface area contributed by atoms with Crippen molar-refractivity contribution in [3.63, 3.8) is 0 Å². The van der Waals surface area contributed by atoms with Gasteiger partial charge in [0.1, 0.15) is 42.1 Å². The van der Waals surface area contributed by atoms with Crippen molar-refractivity contribution in [2.45, 2.75) is 61.8 Å². The minimum atomic E-state index is -1.80. The van der Waals surface area contributed by atoms with Crippen molar-refractivity contribution in [1.82, 2.24) is 0 Å². The molecule has 9 atom stereocenters. The Balaban J connectivity index is 1.25. The number of phenolic OH excluding ortho intramolecular Hbond substituents is 1. The Labute approximate surface area is 270 Å². The molecule has 0 bridgehead atoms. The van der Waals surface area contributed by atoms with Crippen molar-refractivity contribution in [2.24, 2.45) is 5.92 Å². The smallest absolute Gasteiger partial charge is 0.233 e. The van der Waals surface area contributed by atoms with Crippen molar-refractivity contribution < 1.29 is 49.7 Å². The van der Waals surface area contributed by atoms with E-state index in [2.05, 4.69) is 0 Å². The number of rotatable bonds is 9. The fourth-order valence-electron chi connectivity index (χ4n) is 6.46. The summed E-state index contributed by atoms with van der Waals surface area (Å²) >= 11 is 0. The van der Waals surface area contributed by atoms with Crippen LogP contribution in [0, 0.1) is 11.7 Å². The molecule has 2 fully saturated rings. The van der Waals surface area contributed by atoms with Gasteiger partial charge in [0.25, 0.3) is 0 Å². The Morgan fingerprint density at radius 3 is 2.17 bits per heavy atom. The Morgan fingerprint density at radius 2 is 1.47 bits per heavy atom. The molecule has 1 amide bonds. The third kappa shape index (κ3) is 6.39. The number of phenols is 1. The van der Waals surface area contributed by atoms with Crippen LogP contribution in [0.25, 0.3) is 11.1 Å². The number of aromatic hydroxyl groups is 1. The maximum absolute atomic E-state index is 13.5. The molecule has 2 aliphatic rings. The van der Waals surface area contributed by atoms with Gasteiger partial charge in [-0.2, -0.15) is 0 Å². The number of aliphatic hydroxyl groups excluding tert-OH is 6. The predicted molar refractivity (Wildman–Crippen MR) is 168 cm³/mol.